The number of hydrogen-bond acceptors (Lipinski definition) is 3. The van der Waals surface area contributed by atoms with Gasteiger partial charge in [-0.05, 0) is 18.2 Å². The van der Waals surface area contributed by atoms with Gasteiger partial charge in [-0.25, -0.2) is 0 Å². The first kappa shape index (κ1) is 14.8. The lowest BCUT2D eigenvalue weighted by Crippen LogP contribution is -2.36. The van der Waals surface area contributed by atoms with Crippen molar-refractivity contribution < 1.29 is 4.42 Å². The van der Waals surface area contributed by atoms with E-state index in [1.54, 1.807) is 4.57 Å². The summed E-state index contributed by atoms with van der Waals surface area (Å²) in [5, 5.41) is 1.48. The average molecular weight is 312 g/mol. The number of furan rings is 1. The highest BCUT2D eigenvalue weighted by molar-refractivity contribution is 6.87. The highest BCUT2D eigenvalue weighted by atomic mass is 28.3. The third kappa shape index (κ3) is 2.41. The fraction of sp³-hybridized carbons (Fsp3) is 0.294. The minimum absolute atomic E-state index is 0.0544. The van der Waals surface area contributed by atoms with Crippen LogP contribution in [0.4, 0.5) is 0 Å². The van der Waals surface area contributed by atoms with Gasteiger partial charge in [-0.1, -0.05) is 44.8 Å². The largest absolute Gasteiger partial charge is 0.448 e. The molecule has 2 aromatic heterocycles. The molecule has 0 spiro atoms. The molecule has 0 fully saturated rings. The predicted molar refractivity (Wildman–Crippen MR) is 92.0 cm³/mol. The van der Waals surface area contributed by atoms with Crippen LogP contribution in [0.5, 0.6) is 0 Å². The Morgan fingerprint density at radius 1 is 1.18 bits per heavy atom. The van der Waals surface area contributed by atoms with Gasteiger partial charge in [-0.15, -0.1) is 0 Å². The third-order valence-corrected chi connectivity index (χ3v) is 5.43. The minimum Gasteiger partial charge on any atom is -0.448 e. The molecule has 1 aromatic carbocycles. The molecular formula is C17H20N2O2Si. The molecule has 0 aliphatic carbocycles. The third-order valence-electron chi connectivity index (χ3n) is 3.70. The number of aromatic nitrogens is 2. The van der Waals surface area contributed by atoms with Crippen LogP contribution >= 0.6 is 0 Å². The zero-order chi connectivity index (χ0) is 15.9. The van der Waals surface area contributed by atoms with E-state index >= 15 is 0 Å². The molecule has 0 aliphatic heterocycles. The number of para-hydroxylation sites is 1. The van der Waals surface area contributed by atoms with Crippen molar-refractivity contribution in [2.45, 2.75) is 33.0 Å². The molecule has 0 atom stereocenters. The summed E-state index contributed by atoms with van der Waals surface area (Å²) < 4.78 is 7.57. The topological polar surface area (TPSA) is 48.0 Å². The molecular weight excluding hydrogens is 292 g/mol. The Morgan fingerprint density at radius 3 is 2.45 bits per heavy atom. The molecule has 3 aromatic rings. The Morgan fingerprint density at radius 2 is 1.86 bits per heavy atom. The van der Waals surface area contributed by atoms with Crippen LogP contribution in [-0.2, 0) is 6.42 Å². The van der Waals surface area contributed by atoms with Gasteiger partial charge >= 0.3 is 0 Å². The first-order valence-corrected chi connectivity index (χ1v) is 11.0. The van der Waals surface area contributed by atoms with Gasteiger partial charge in [0, 0.05) is 6.42 Å². The molecule has 3 rings (SSSR count). The molecule has 5 heteroatoms. The predicted octanol–water partition coefficient (Wildman–Crippen LogP) is 3.09. The number of fused-ring (bicyclic) bond motifs is 1. The van der Waals surface area contributed by atoms with Crippen LogP contribution in [-0.4, -0.2) is 17.6 Å². The molecule has 0 radical (unpaired) electrons. The molecule has 0 unspecified atom stereocenters. The SMILES string of the molecule is CCc1nc2oc([Si](C)(C)C)cc2c(=O)n1-c1ccccc1. The molecule has 0 amide bonds. The molecule has 0 aliphatic rings. The summed E-state index contributed by atoms with van der Waals surface area (Å²) in [6.45, 7) is 8.58. The smallest absolute Gasteiger partial charge is 0.269 e. The molecule has 0 bridgehead atoms. The number of rotatable bonds is 3. The second-order valence-corrected chi connectivity index (χ2v) is 11.4. The van der Waals surface area contributed by atoms with E-state index in [1.807, 2.05) is 43.3 Å². The van der Waals surface area contributed by atoms with Crippen molar-refractivity contribution in [3.63, 3.8) is 0 Å². The number of nitrogens with zero attached hydrogens (tertiary/aromatic N) is 2. The van der Waals surface area contributed by atoms with Gasteiger partial charge in [-0.2, -0.15) is 4.98 Å². The van der Waals surface area contributed by atoms with E-state index in [0.717, 1.165) is 16.9 Å². The highest BCUT2D eigenvalue weighted by Crippen LogP contribution is 2.15. The Kier molecular flexibility index (Phi) is 3.52. The normalized spacial score (nSPS) is 12.0. The lowest BCUT2D eigenvalue weighted by Gasteiger charge is -2.10. The van der Waals surface area contributed by atoms with E-state index in [2.05, 4.69) is 24.6 Å². The van der Waals surface area contributed by atoms with Crippen LogP contribution < -0.4 is 10.9 Å². The maximum Gasteiger partial charge on any atom is 0.269 e. The molecule has 114 valence electrons. The first-order chi connectivity index (χ1) is 10.4. The van der Waals surface area contributed by atoms with Gasteiger partial charge in [0.1, 0.15) is 19.3 Å². The van der Waals surface area contributed by atoms with Gasteiger partial charge in [0.25, 0.3) is 5.56 Å². The van der Waals surface area contributed by atoms with E-state index in [4.69, 9.17) is 4.42 Å². The summed E-state index contributed by atoms with van der Waals surface area (Å²) in [5.74, 6) is 0.722. The van der Waals surface area contributed by atoms with Crippen LogP contribution in [0.1, 0.15) is 12.7 Å². The zero-order valence-electron chi connectivity index (χ0n) is 13.4. The summed E-state index contributed by atoms with van der Waals surface area (Å²) in [7, 11) is -1.62. The Balaban J connectivity index is 2.34. The maximum absolute atomic E-state index is 12.9. The van der Waals surface area contributed by atoms with E-state index in [1.165, 1.54) is 0 Å². The second-order valence-electron chi connectivity index (χ2n) is 6.44. The Hall–Kier alpha value is -2.14. The van der Waals surface area contributed by atoms with Crippen molar-refractivity contribution in [3.05, 3.63) is 52.6 Å². The summed E-state index contributed by atoms with van der Waals surface area (Å²) in [5.41, 5.74) is 1.25. The van der Waals surface area contributed by atoms with Crippen LogP contribution in [0.3, 0.4) is 0 Å². The molecule has 0 N–H and O–H groups in total. The molecule has 4 nitrogen and oxygen atoms in total. The van der Waals surface area contributed by atoms with Gasteiger partial charge in [0.15, 0.2) is 0 Å². The number of benzene rings is 1. The van der Waals surface area contributed by atoms with Gasteiger partial charge < -0.3 is 4.42 Å². The van der Waals surface area contributed by atoms with Crippen molar-refractivity contribution in [1.82, 2.24) is 9.55 Å². The highest BCUT2D eigenvalue weighted by Gasteiger charge is 2.24. The summed E-state index contributed by atoms with van der Waals surface area (Å²) in [4.78, 5) is 17.5. The van der Waals surface area contributed by atoms with E-state index < -0.39 is 8.07 Å². The van der Waals surface area contributed by atoms with Crippen molar-refractivity contribution >= 4 is 24.6 Å². The quantitative estimate of drug-likeness (QED) is 0.698. The summed E-state index contributed by atoms with van der Waals surface area (Å²) in [6, 6.07) is 11.5. The Bertz CT molecular complexity index is 873. The Labute approximate surface area is 130 Å². The number of aryl methyl sites for hydroxylation is 1. The standard InChI is InChI=1S/C17H20N2O2Si/c1-5-14-18-16-13(11-15(21-16)22(2,3)4)17(20)19(14)12-9-7-6-8-10-12/h6-11H,5H2,1-4H3. The van der Waals surface area contributed by atoms with Crippen molar-refractivity contribution in [2.24, 2.45) is 0 Å². The van der Waals surface area contributed by atoms with Crippen LogP contribution in [0.25, 0.3) is 16.8 Å². The first-order valence-electron chi connectivity index (χ1n) is 7.53. The summed E-state index contributed by atoms with van der Waals surface area (Å²) >= 11 is 0. The minimum atomic E-state index is -1.62. The zero-order valence-corrected chi connectivity index (χ0v) is 14.4. The van der Waals surface area contributed by atoms with Gasteiger partial charge in [0.2, 0.25) is 5.71 Å². The van der Waals surface area contributed by atoms with Gasteiger partial charge in [-0.3, -0.25) is 9.36 Å². The van der Waals surface area contributed by atoms with Gasteiger partial charge in [0.05, 0.1) is 11.1 Å². The number of hydrogen-bond donors (Lipinski definition) is 0. The molecule has 22 heavy (non-hydrogen) atoms. The fourth-order valence-electron chi connectivity index (χ4n) is 2.47. The van der Waals surface area contributed by atoms with E-state index in [0.29, 0.717) is 17.5 Å². The van der Waals surface area contributed by atoms with Crippen molar-refractivity contribution in [2.75, 3.05) is 0 Å². The van der Waals surface area contributed by atoms with Crippen LogP contribution in [0.2, 0.25) is 19.6 Å². The van der Waals surface area contributed by atoms with Crippen LogP contribution in [0, 0.1) is 0 Å². The molecule has 0 saturated carbocycles. The molecule has 0 saturated heterocycles. The monoisotopic (exact) mass is 312 g/mol. The van der Waals surface area contributed by atoms with Crippen molar-refractivity contribution in [3.8, 4) is 5.69 Å². The van der Waals surface area contributed by atoms with Crippen LogP contribution in [0.15, 0.2) is 45.6 Å². The average Bonchev–Trinajstić information content (AvgIpc) is 2.92. The lowest BCUT2D eigenvalue weighted by atomic mass is 10.3. The molecule has 2 heterocycles. The lowest BCUT2D eigenvalue weighted by molar-refractivity contribution is 0.626. The van der Waals surface area contributed by atoms with E-state index in [9.17, 15) is 4.79 Å². The van der Waals surface area contributed by atoms with Crippen molar-refractivity contribution in [1.29, 1.82) is 0 Å². The fourth-order valence-corrected chi connectivity index (χ4v) is 3.45. The second kappa shape index (κ2) is 5.25. The van der Waals surface area contributed by atoms with E-state index in [-0.39, 0.29) is 5.56 Å². The maximum atomic E-state index is 12.9. The summed E-state index contributed by atoms with van der Waals surface area (Å²) in [6.07, 6.45) is 0.670.